The van der Waals surface area contributed by atoms with Crippen molar-refractivity contribution in [3.63, 3.8) is 0 Å². The second kappa shape index (κ2) is 30.7. The van der Waals surface area contributed by atoms with Gasteiger partial charge in [-0.2, -0.15) is 5.26 Å². The zero-order valence-electron chi connectivity index (χ0n) is 54.8. The summed E-state index contributed by atoms with van der Waals surface area (Å²) in [5.41, 5.74) is 10.1. The van der Waals surface area contributed by atoms with Gasteiger partial charge in [0.25, 0.3) is 0 Å². The van der Waals surface area contributed by atoms with Gasteiger partial charge in [0.2, 0.25) is 0 Å². The number of nitrogens with zero attached hydrogens (tertiary/aromatic N) is 12. The molecule has 3 aromatic heterocycles. The van der Waals surface area contributed by atoms with Gasteiger partial charge in [-0.25, -0.2) is 38.9 Å². The van der Waals surface area contributed by atoms with E-state index in [1.807, 2.05) is 179 Å². The second-order valence-corrected chi connectivity index (χ2v) is 29.5. The molecular weight excluding hydrogens is 1240 g/mol. The summed E-state index contributed by atoms with van der Waals surface area (Å²) in [7, 11) is 0. The number of anilines is 2. The van der Waals surface area contributed by atoms with Gasteiger partial charge in [0.05, 0.1) is 35.6 Å². The topological polar surface area (TPSA) is 245 Å². The van der Waals surface area contributed by atoms with Crippen LogP contribution in [0.25, 0.3) is 33.8 Å². The molecule has 0 bridgehead atoms. The SMILES string of the molecule is CC(C)(C)OC(=O)N1CC[C@@H](CC(=O)Cc2nc(-c3ccccc3)cs2)C1.CC(C)(C)OC(=O)N1CC[C@@H](N)C1.CC(C)(C)OC(=O)N1CC[C@@H](N2CCN(c3nc(-c4ccccc4)cs3)C2=O)C1.N#CN1CC[C@@H](N2CCN(c3nc(-c4ccccc4)cs3)C2=O)C1. The summed E-state index contributed by atoms with van der Waals surface area (Å²) in [6.45, 7) is 24.4. The molecule has 6 aliphatic rings. The number of urea groups is 2. The van der Waals surface area contributed by atoms with Crippen molar-refractivity contribution in [1.29, 1.82) is 5.26 Å². The van der Waals surface area contributed by atoms with Crippen molar-refractivity contribution in [3.8, 4) is 40.0 Å². The fourth-order valence-electron chi connectivity index (χ4n) is 11.4. The Morgan fingerprint density at radius 1 is 0.516 bits per heavy atom. The lowest BCUT2D eigenvalue weighted by atomic mass is 10.0. The highest BCUT2D eigenvalue weighted by Crippen LogP contribution is 2.34. The number of hydrogen-bond acceptors (Lipinski definition) is 18. The fourth-order valence-corrected chi connectivity index (χ4v) is 14.0. The van der Waals surface area contributed by atoms with Crippen molar-refractivity contribution in [2.24, 2.45) is 11.7 Å². The zero-order chi connectivity index (χ0) is 66.6. The van der Waals surface area contributed by atoms with E-state index in [1.165, 1.54) is 34.0 Å². The fraction of sp³-hybridized carbons (Fsp3) is 0.500. The number of nitriles is 1. The van der Waals surface area contributed by atoms with E-state index >= 15 is 0 Å². The van der Waals surface area contributed by atoms with Crippen molar-refractivity contribution in [1.82, 2.24) is 44.4 Å². The molecule has 0 unspecified atom stereocenters. The van der Waals surface area contributed by atoms with Gasteiger partial charge < -0.3 is 49.3 Å². The number of Topliss-reactive ketones (excluding diaryl/α,β-unsaturated/α-hetero) is 1. The van der Waals surface area contributed by atoms with E-state index in [0.717, 1.165) is 87.8 Å². The van der Waals surface area contributed by atoms with Gasteiger partial charge in [0, 0.05) is 124 Å². The first-order chi connectivity index (χ1) is 44.3. The minimum absolute atomic E-state index is 0.00810. The van der Waals surface area contributed by atoms with Crippen LogP contribution in [0.1, 0.15) is 99.4 Å². The number of aromatic nitrogens is 3. The van der Waals surface area contributed by atoms with Crippen molar-refractivity contribution in [2.45, 2.75) is 136 Å². The number of hydrogen-bond donors (Lipinski definition) is 1. The van der Waals surface area contributed by atoms with Crippen LogP contribution in [-0.4, -0.2) is 194 Å². The molecule has 2 N–H and O–H groups in total. The molecule has 3 aromatic carbocycles. The van der Waals surface area contributed by atoms with E-state index in [9.17, 15) is 28.8 Å². The molecule has 25 heteroatoms. The first-order valence-corrected chi connectivity index (χ1v) is 34.4. The molecule has 0 saturated carbocycles. The lowest BCUT2D eigenvalue weighted by Gasteiger charge is -2.26. The highest BCUT2D eigenvalue weighted by molar-refractivity contribution is 7.14. The standard InChI is InChI=1S/C21H26N4O3S.C21H26N2O3S.C17H17N5OS.C9H18N2O2/c1-21(2,3)28-20(27)23-10-9-16(13-23)24-11-12-25(19(24)26)18-22-17(14-29-18)15-7-5-4-6-8-15;1-21(2,3)26-20(25)23-10-9-15(13-23)11-17(24)12-19-22-18(14-27-19)16-7-5-4-6-8-16;18-12-20-7-6-14(10-20)21-8-9-22(17(21)23)16-19-15(11-24-16)13-4-2-1-3-5-13;1-9(2,3)13-8(12)11-5-4-7(10)6-11/h4-8,14,16H,9-13H2,1-3H3;4-8,14-15H,9-13H2,1-3H3;1-5,11,14H,6-10H2;7H,4-6,10H2,1-3H3/t16-;15-;14-;7-/m1011/s1. The molecule has 6 saturated heterocycles. The molecule has 93 heavy (non-hydrogen) atoms. The van der Waals surface area contributed by atoms with Gasteiger partial charge in [-0.3, -0.25) is 14.6 Å². The minimum Gasteiger partial charge on any atom is -0.444 e. The zero-order valence-corrected chi connectivity index (χ0v) is 57.2. The number of amides is 7. The number of rotatable bonds is 11. The quantitative estimate of drug-likeness (QED) is 0.0936. The number of likely N-dealkylation sites (tertiary alicyclic amines) is 4. The summed E-state index contributed by atoms with van der Waals surface area (Å²) in [4.78, 5) is 102. The minimum atomic E-state index is -0.517. The molecule has 9 heterocycles. The number of ether oxygens (including phenoxy) is 3. The number of thiazole rings is 3. The third-order valence-electron chi connectivity index (χ3n) is 16.0. The smallest absolute Gasteiger partial charge is 0.410 e. The average Bonchev–Trinajstić information content (AvgIpc) is 1.66. The van der Waals surface area contributed by atoms with Crippen molar-refractivity contribution in [3.05, 3.63) is 112 Å². The summed E-state index contributed by atoms with van der Waals surface area (Å²) >= 11 is 4.51. The van der Waals surface area contributed by atoms with Gasteiger partial charge in [-0.05, 0) is 93.9 Å². The van der Waals surface area contributed by atoms with E-state index in [4.69, 9.17) is 25.2 Å². The van der Waals surface area contributed by atoms with Gasteiger partial charge in [0.1, 0.15) is 27.6 Å². The molecule has 6 aliphatic heterocycles. The predicted octanol–water partition coefficient (Wildman–Crippen LogP) is 12.2. The van der Waals surface area contributed by atoms with E-state index in [1.54, 1.807) is 29.4 Å². The molecule has 12 rings (SSSR count). The number of benzene rings is 3. The molecule has 22 nitrogen and oxygen atoms in total. The van der Waals surface area contributed by atoms with E-state index < -0.39 is 16.8 Å². The van der Waals surface area contributed by atoms with E-state index in [0.29, 0.717) is 78.3 Å². The van der Waals surface area contributed by atoms with Crippen molar-refractivity contribution in [2.75, 3.05) is 88.3 Å². The normalized spacial score (nSPS) is 19.8. The maximum Gasteiger partial charge on any atom is 0.410 e. The van der Waals surface area contributed by atoms with E-state index in [2.05, 4.69) is 21.1 Å². The molecule has 496 valence electrons. The lowest BCUT2D eigenvalue weighted by Crippen LogP contribution is -2.42. The molecule has 0 radical (unpaired) electrons. The van der Waals surface area contributed by atoms with Crippen LogP contribution in [0.4, 0.5) is 34.2 Å². The molecule has 7 amide bonds. The Bertz CT molecular complexity index is 3540. The first kappa shape index (κ1) is 69.2. The highest BCUT2D eigenvalue weighted by atomic mass is 32.1. The number of nitrogens with two attached hydrogens (primary N) is 1. The summed E-state index contributed by atoms with van der Waals surface area (Å²) in [6.07, 6.45) is 5.52. The monoisotopic (exact) mass is 1330 g/mol. The summed E-state index contributed by atoms with van der Waals surface area (Å²) in [5.74, 6) is 0.388. The Kier molecular flexibility index (Phi) is 22.8. The molecule has 0 spiro atoms. The molecule has 4 atom stereocenters. The average molecular weight is 1330 g/mol. The number of ketones is 1. The second-order valence-electron chi connectivity index (χ2n) is 26.8. The third-order valence-corrected chi connectivity index (χ3v) is 18.5. The van der Waals surface area contributed by atoms with Crippen LogP contribution in [0, 0.1) is 17.4 Å². The van der Waals surface area contributed by atoms with Crippen molar-refractivity contribution < 1.29 is 43.0 Å². The Morgan fingerprint density at radius 2 is 0.925 bits per heavy atom. The number of carbonyl (C=O) groups excluding carboxylic acids is 6. The van der Waals surface area contributed by atoms with Gasteiger partial charge in [-0.15, -0.1) is 34.0 Å². The van der Waals surface area contributed by atoms with Gasteiger partial charge in [0.15, 0.2) is 16.5 Å². The van der Waals surface area contributed by atoms with Crippen LogP contribution in [-0.2, 0) is 25.4 Å². The van der Waals surface area contributed by atoms with Crippen LogP contribution in [0.2, 0.25) is 0 Å². The van der Waals surface area contributed by atoms with Crippen LogP contribution in [0.3, 0.4) is 0 Å². The maximum absolute atomic E-state index is 13.0. The van der Waals surface area contributed by atoms with Crippen molar-refractivity contribution >= 4 is 80.4 Å². The summed E-state index contributed by atoms with van der Waals surface area (Å²) < 4.78 is 16.1. The van der Waals surface area contributed by atoms with Crippen LogP contribution in [0.5, 0.6) is 0 Å². The maximum atomic E-state index is 13.0. The highest BCUT2D eigenvalue weighted by Gasteiger charge is 2.42. The lowest BCUT2D eigenvalue weighted by molar-refractivity contribution is -0.119. The van der Waals surface area contributed by atoms with Gasteiger partial charge >= 0.3 is 30.3 Å². The third kappa shape index (κ3) is 19.5. The van der Waals surface area contributed by atoms with Gasteiger partial charge in [-0.1, -0.05) is 91.0 Å². The number of carbonyl (C=O) groups is 6. The Balaban J connectivity index is 0.000000151. The Hall–Kier alpha value is -8.18. The van der Waals surface area contributed by atoms with E-state index in [-0.39, 0.29) is 60.2 Å². The Labute approximate surface area is 557 Å². The molecule has 6 fully saturated rings. The van der Waals surface area contributed by atoms with Crippen LogP contribution < -0.4 is 15.5 Å². The largest absolute Gasteiger partial charge is 0.444 e. The first-order valence-electron chi connectivity index (χ1n) is 31.8. The van der Waals surface area contributed by atoms with Crippen LogP contribution in [0.15, 0.2) is 107 Å². The predicted molar refractivity (Wildman–Crippen MR) is 363 cm³/mol. The molecule has 6 aromatic rings. The molecule has 0 aliphatic carbocycles. The Morgan fingerprint density at radius 3 is 1.37 bits per heavy atom. The summed E-state index contributed by atoms with van der Waals surface area (Å²) in [5, 5.41) is 17.3. The molecular formula is C68H87N13O9S3. The summed E-state index contributed by atoms with van der Waals surface area (Å²) in [6, 6.07) is 30.2. The van der Waals surface area contributed by atoms with Crippen LogP contribution >= 0.6 is 34.0 Å².